The molecule has 0 saturated heterocycles. The number of hydrogen-bond donors (Lipinski definition) is 0. The maximum absolute atomic E-state index is 9.45. The Labute approximate surface area is 273 Å². The van der Waals surface area contributed by atoms with E-state index in [1.807, 2.05) is 84.9 Å². The Hall–Kier alpha value is -5.92. The summed E-state index contributed by atoms with van der Waals surface area (Å²) in [5.41, 5.74) is 6.17. The third-order valence-corrected chi connectivity index (χ3v) is 8.85. The maximum Gasteiger partial charge on any atom is 0.135 e. The minimum Gasteiger partial charge on any atom is -0.456 e. The van der Waals surface area contributed by atoms with Crippen LogP contribution in [0.1, 0.15) is 12.3 Å². The summed E-state index contributed by atoms with van der Waals surface area (Å²) in [6.45, 7) is 0. The lowest BCUT2D eigenvalue weighted by molar-refractivity contribution is 0.487. The first kappa shape index (κ1) is 17.4. The van der Waals surface area contributed by atoms with Crippen LogP contribution >= 0.6 is 0 Å². The van der Waals surface area contributed by atoms with Gasteiger partial charge in [0.05, 0.1) is 12.3 Å². The standard InChI is InChI=1S/C44H26O/c1-2-8-27(9-3-1)31-24-32(34-20-18-30-17-16-28-10-6-11-29-19-21-39(34)43(30)42(28)29)26-33(25-31)35-22-23-41-44-37(35)13-7-14-38(44)36-12-4-5-15-40(36)45-41/h1-26H/i6D,10D,11D,16D,17D,18D,19D,20D,21D. The van der Waals surface area contributed by atoms with E-state index >= 15 is 0 Å². The Kier molecular flexibility index (Phi) is 3.59. The fourth-order valence-corrected chi connectivity index (χ4v) is 6.84. The van der Waals surface area contributed by atoms with Gasteiger partial charge in [0.1, 0.15) is 11.5 Å². The van der Waals surface area contributed by atoms with Crippen molar-refractivity contribution in [3.8, 4) is 56.0 Å². The molecule has 9 aromatic rings. The van der Waals surface area contributed by atoms with Gasteiger partial charge in [-0.2, -0.15) is 0 Å². The molecule has 1 heterocycles. The van der Waals surface area contributed by atoms with E-state index in [4.69, 9.17) is 13.0 Å². The number of para-hydroxylation sites is 1. The Bertz CT molecular complexity index is 3100. The zero-order chi connectivity index (χ0) is 37.3. The highest BCUT2D eigenvalue weighted by molar-refractivity contribution is 6.25. The highest BCUT2D eigenvalue weighted by Crippen LogP contribution is 2.49. The van der Waals surface area contributed by atoms with E-state index in [2.05, 4.69) is 18.2 Å². The molecule has 208 valence electrons. The van der Waals surface area contributed by atoms with Crippen LogP contribution in [0.2, 0.25) is 0 Å². The molecule has 0 saturated carbocycles. The van der Waals surface area contributed by atoms with Gasteiger partial charge in [0.15, 0.2) is 0 Å². The first-order valence-electron chi connectivity index (χ1n) is 19.3. The Balaban J connectivity index is 1.35. The van der Waals surface area contributed by atoms with Crippen molar-refractivity contribution in [3.05, 3.63) is 158 Å². The van der Waals surface area contributed by atoms with E-state index in [9.17, 15) is 4.11 Å². The van der Waals surface area contributed by atoms with E-state index in [1.165, 1.54) is 0 Å². The number of hydrogen-bond acceptors (Lipinski definition) is 1. The van der Waals surface area contributed by atoms with Gasteiger partial charge >= 0.3 is 0 Å². The van der Waals surface area contributed by atoms with Gasteiger partial charge in [-0.15, -0.1) is 0 Å². The van der Waals surface area contributed by atoms with Crippen molar-refractivity contribution in [2.75, 3.05) is 0 Å². The van der Waals surface area contributed by atoms with Crippen molar-refractivity contribution >= 4 is 43.1 Å². The second-order valence-corrected chi connectivity index (χ2v) is 11.4. The summed E-state index contributed by atoms with van der Waals surface area (Å²) in [4.78, 5) is 0. The van der Waals surface area contributed by atoms with Crippen molar-refractivity contribution in [3.63, 3.8) is 0 Å². The van der Waals surface area contributed by atoms with E-state index in [0.29, 0.717) is 5.56 Å². The summed E-state index contributed by atoms with van der Waals surface area (Å²) >= 11 is 0. The van der Waals surface area contributed by atoms with E-state index < -0.39 is 30.2 Å². The molecular weight excluding hydrogens is 544 g/mol. The molecule has 1 heteroatoms. The largest absolute Gasteiger partial charge is 0.456 e. The first-order valence-corrected chi connectivity index (χ1v) is 14.8. The molecule has 0 fully saturated rings. The number of fused-ring (bicyclic) bond motifs is 2. The fourth-order valence-electron chi connectivity index (χ4n) is 6.84. The first-order chi connectivity index (χ1) is 26.1. The van der Waals surface area contributed by atoms with Crippen LogP contribution < -0.4 is 4.74 Å². The van der Waals surface area contributed by atoms with Crippen LogP contribution in [-0.2, 0) is 0 Å². The SMILES string of the molecule is [2H]c1c([2H])c2c([2H])c([2H])c3c([2H])c([2H])c(-c4cc(-c5ccccc5)cc(-c5ccc6c7c(cccc57)-c5ccccc5O6)c4)c4c([2H])c([2H])c(c1[2H])c2c34. The maximum atomic E-state index is 9.45. The van der Waals surface area contributed by atoms with Crippen molar-refractivity contribution < 1.29 is 17.1 Å². The second kappa shape index (κ2) is 9.29. The minimum absolute atomic E-state index is 0.0467. The fraction of sp³-hybridized carbons (Fsp3) is 0. The van der Waals surface area contributed by atoms with Gasteiger partial charge in [-0.05, 0) is 107 Å². The third-order valence-electron chi connectivity index (χ3n) is 8.85. The summed E-state index contributed by atoms with van der Waals surface area (Å²) < 4.78 is 87.3. The van der Waals surface area contributed by atoms with Crippen LogP contribution in [0.4, 0.5) is 0 Å². The van der Waals surface area contributed by atoms with Crippen LogP contribution in [-0.4, -0.2) is 0 Å². The Morgan fingerprint density at radius 2 is 1.07 bits per heavy atom. The number of benzene rings is 9. The molecular formula is C44H26O. The summed E-state index contributed by atoms with van der Waals surface area (Å²) in [5, 5.41) is 2.17. The topological polar surface area (TPSA) is 9.23 Å². The van der Waals surface area contributed by atoms with E-state index in [0.717, 1.165) is 55.7 Å². The smallest absolute Gasteiger partial charge is 0.135 e. The second-order valence-electron chi connectivity index (χ2n) is 11.4. The van der Waals surface area contributed by atoms with Crippen molar-refractivity contribution in [1.82, 2.24) is 0 Å². The van der Waals surface area contributed by atoms with Crippen LogP contribution in [0.5, 0.6) is 11.5 Å². The van der Waals surface area contributed by atoms with Gasteiger partial charge < -0.3 is 4.74 Å². The van der Waals surface area contributed by atoms with Crippen molar-refractivity contribution in [2.45, 2.75) is 0 Å². The molecule has 1 nitrogen and oxygen atoms in total. The molecule has 0 atom stereocenters. The highest BCUT2D eigenvalue weighted by Gasteiger charge is 2.22. The lowest BCUT2D eigenvalue weighted by atomic mass is 9.86. The molecule has 0 aromatic heterocycles. The average Bonchev–Trinajstić information content (AvgIpc) is 3.19. The molecule has 45 heavy (non-hydrogen) atoms. The molecule has 0 spiro atoms. The molecule has 10 rings (SSSR count). The summed E-state index contributed by atoms with van der Waals surface area (Å²) in [6, 6.07) is 30.3. The molecule has 1 aliphatic heterocycles. The summed E-state index contributed by atoms with van der Waals surface area (Å²) in [6.07, 6.45) is 0. The van der Waals surface area contributed by atoms with Gasteiger partial charge in [-0.1, -0.05) is 127 Å². The predicted octanol–water partition coefficient (Wildman–Crippen LogP) is 12.5. The molecule has 0 radical (unpaired) electrons. The van der Waals surface area contributed by atoms with Crippen molar-refractivity contribution in [2.24, 2.45) is 0 Å². The number of rotatable bonds is 3. The van der Waals surface area contributed by atoms with E-state index in [-0.39, 0.29) is 62.1 Å². The minimum atomic E-state index is -0.496. The molecule has 0 bridgehead atoms. The molecule has 0 aliphatic carbocycles. The molecule has 0 unspecified atom stereocenters. The third kappa shape index (κ3) is 3.62. The molecule has 9 aromatic carbocycles. The van der Waals surface area contributed by atoms with Crippen LogP contribution in [0.25, 0.3) is 87.6 Å². The monoisotopic (exact) mass is 579 g/mol. The molecule has 0 N–H and O–H groups in total. The van der Waals surface area contributed by atoms with Crippen LogP contribution in [0.3, 0.4) is 0 Å². The summed E-state index contributed by atoms with van der Waals surface area (Å²) in [5.74, 6) is 1.52. The van der Waals surface area contributed by atoms with Gasteiger partial charge in [0, 0.05) is 10.9 Å². The highest BCUT2D eigenvalue weighted by atomic mass is 16.5. The summed E-state index contributed by atoms with van der Waals surface area (Å²) in [7, 11) is 0. The van der Waals surface area contributed by atoms with Crippen LogP contribution in [0.15, 0.2) is 158 Å². The Morgan fingerprint density at radius 1 is 0.378 bits per heavy atom. The van der Waals surface area contributed by atoms with Gasteiger partial charge in [-0.3, -0.25) is 0 Å². The normalized spacial score (nSPS) is 15.0. The lowest BCUT2D eigenvalue weighted by Crippen LogP contribution is -1.97. The van der Waals surface area contributed by atoms with E-state index in [1.54, 1.807) is 0 Å². The lowest BCUT2D eigenvalue weighted by Gasteiger charge is -2.23. The van der Waals surface area contributed by atoms with Gasteiger partial charge in [0.25, 0.3) is 0 Å². The number of ether oxygens (including phenoxy) is 1. The Morgan fingerprint density at radius 3 is 1.93 bits per heavy atom. The molecule has 0 amide bonds. The van der Waals surface area contributed by atoms with Gasteiger partial charge in [-0.25, -0.2) is 0 Å². The average molecular weight is 580 g/mol. The van der Waals surface area contributed by atoms with Gasteiger partial charge in [0.2, 0.25) is 0 Å². The molecule has 1 aliphatic rings. The zero-order valence-corrected chi connectivity index (χ0v) is 23.7. The van der Waals surface area contributed by atoms with Crippen molar-refractivity contribution in [1.29, 1.82) is 0 Å². The zero-order valence-electron chi connectivity index (χ0n) is 32.7. The predicted molar refractivity (Wildman–Crippen MR) is 189 cm³/mol. The quantitative estimate of drug-likeness (QED) is 0.189. The van der Waals surface area contributed by atoms with Crippen LogP contribution in [0, 0.1) is 0 Å².